The van der Waals surface area contributed by atoms with Crippen LogP contribution in [0.15, 0.2) is 53.5 Å². The van der Waals surface area contributed by atoms with Crippen LogP contribution < -0.4 is 0 Å². The second kappa shape index (κ2) is 11.5. The number of amides is 3. The first kappa shape index (κ1) is 26.9. The summed E-state index contributed by atoms with van der Waals surface area (Å²) < 4.78 is 0. The Hall–Kier alpha value is -4.20. The molecule has 38 heavy (non-hydrogen) atoms. The van der Waals surface area contributed by atoms with E-state index in [0.29, 0.717) is 52.3 Å². The minimum Gasteiger partial charge on any atom is -0.494 e. The van der Waals surface area contributed by atoms with Crippen LogP contribution in [0, 0.1) is 0 Å². The van der Waals surface area contributed by atoms with Gasteiger partial charge >= 0.3 is 0 Å². The first-order valence-corrected chi connectivity index (χ1v) is 13.1. The highest BCUT2D eigenvalue weighted by Crippen LogP contribution is 2.38. The Labute approximate surface area is 223 Å². The van der Waals surface area contributed by atoms with Crippen LogP contribution in [0.2, 0.25) is 0 Å². The quantitative estimate of drug-likeness (QED) is 0.392. The van der Waals surface area contributed by atoms with Crippen molar-refractivity contribution in [1.29, 1.82) is 0 Å². The van der Waals surface area contributed by atoms with Crippen LogP contribution in [0.25, 0.3) is 11.3 Å². The van der Waals surface area contributed by atoms with Crippen molar-refractivity contribution in [3.63, 3.8) is 0 Å². The van der Waals surface area contributed by atoms with Crippen LogP contribution in [-0.4, -0.2) is 70.5 Å². The number of unbranched alkanes of at least 4 members (excludes halogenated alkanes) is 2. The number of hydrogen-bond acceptors (Lipinski definition) is 4. The fourth-order valence-electron chi connectivity index (χ4n) is 4.61. The molecule has 0 aliphatic carbocycles. The van der Waals surface area contributed by atoms with E-state index in [9.17, 15) is 19.5 Å². The van der Waals surface area contributed by atoms with E-state index >= 15 is 0 Å². The molecule has 1 aromatic heterocycles. The molecule has 0 atom stereocenters. The first-order valence-electron chi connectivity index (χ1n) is 13.1. The zero-order valence-corrected chi connectivity index (χ0v) is 22.4. The number of nitrogens with one attached hydrogen (secondary N) is 1. The van der Waals surface area contributed by atoms with Crippen LogP contribution in [-0.2, 0) is 0 Å². The van der Waals surface area contributed by atoms with Gasteiger partial charge in [-0.1, -0.05) is 51.0 Å². The van der Waals surface area contributed by atoms with Crippen LogP contribution >= 0.6 is 0 Å². The lowest BCUT2D eigenvalue weighted by Gasteiger charge is -2.17. The number of benzene rings is 2. The summed E-state index contributed by atoms with van der Waals surface area (Å²) in [6.07, 6.45) is 3.80. The molecule has 1 aliphatic rings. The molecule has 4 rings (SSSR count). The number of rotatable bonds is 10. The lowest BCUT2D eigenvalue weighted by molar-refractivity contribution is 0.0786. The van der Waals surface area contributed by atoms with Crippen molar-refractivity contribution in [1.82, 2.24) is 14.8 Å². The molecule has 0 saturated carbocycles. The monoisotopic (exact) mass is 514 g/mol. The van der Waals surface area contributed by atoms with Crippen LogP contribution in [0.1, 0.15) is 81.7 Å². The van der Waals surface area contributed by atoms with Crippen molar-refractivity contribution in [2.75, 3.05) is 27.2 Å². The maximum atomic E-state index is 13.1. The van der Waals surface area contributed by atoms with Gasteiger partial charge in [0.25, 0.3) is 17.7 Å². The molecule has 2 heterocycles. The van der Waals surface area contributed by atoms with Crippen molar-refractivity contribution in [3.05, 3.63) is 76.3 Å². The van der Waals surface area contributed by atoms with Crippen molar-refractivity contribution in [2.45, 2.75) is 39.5 Å². The number of aromatic amines is 1. The zero-order chi connectivity index (χ0) is 27.4. The van der Waals surface area contributed by atoms with E-state index < -0.39 is 5.91 Å². The number of aliphatic imine (C=N–C) groups is 1. The molecule has 2 N–H and O–H groups in total. The van der Waals surface area contributed by atoms with Gasteiger partial charge in [0.05, 0.1) is 22.5 Å². The topological polar surface area (TPSA) is 106 Å². The van der Waals surface area contributed by atoms with Crippen molar-refractivity contribution in [3.8, 4) is 17.1 Å². The van der Waals surface area contributed by atoms with Crippen molar-refractivity contribution < 1.29 is 19.5 Å². The molecule has 0 unspecified atom stereocenters. The third kappa shape index (κ3) is 5.25. The Kier molecular flexibility index (Phi) is 8.10. The van der Waals surface area contributed by atoms with Gasteiger partial charge in [0, 0.05) is 43.9 Å². The van der Waals surface area contributed by atoms with Gasteiger partial charge in [0.15, 0.2) is 5.88 Å². The first-order chi connectivity index (χ1) is 18.3. The number of carbonyl (C=O) groups is 3. The number of carbonyl (C=O) groups excluding carboxylic acids is 3. The van der Waals surface area contributed by atoms with E-state index in [1.807, 2.05) is 0 Å². The second-order valence-electron chi connectivity index (χ2n) is 9.69. The number of hydrogen-bond donors (Lipinski definition) is 2. The fraction of sp³-hybridized carbons (Fsp3) is 0.333. The predicted molar refractivity (Wildman–Crippen MR) is 148 cm³/mol. The summed E-state index contributed by atoms with van der Waals surface area (Å²) in [6, 6.07) is 13.9. The number of aromatic hydroxyl groups is 1. The molecular weight excluding hydrogens is 480 g/mol. The minimum absolute atomic E-state index is 0.110. The maximum absolute atomic E-state index is 13.1. The number of H-pyrrole nitrogens is 1. The average molecular weight is 515 g/mol. The second-order valence-corrected chi connectivity index (χ2v) is 9.69. The number of aromatic nitrogens is 1. The van der Waals surface area contributed by atoms with Crippen LogP contribution in [0.3, 0.4) is 0 Å². The Morgan fingerprint density at radius 1 is 0.842 bits per heavy atom. The highest BCUT2D eigenvalue weighted by atomic mass is 16.3. The average Bonchev–Trinajstić information content (AvgIpc) is 3.47. The Morgan fingerprint density at radius 2 is 1.37 bits per heavy atom. The van der Waals surface area contributed by atoms with E-state index in [4.69, 9.17) is 0 Å². The third-order valence-corrected chi connectivity index (χ3v) is 6.81. The molecular formula is C30H34N4O4. The maximum Gasteiger partial charge on any atom is 0.280 e. The predicted octanol–water partition coefficient (Wildman–Crippen LogP) is 5.12. The van der Waals surface area contributed by atoms with E-state index in [1.165, 1.54) is 0 Å². The van der Waals surface area contributed by atoms with Gasteiger partial charge < -0.3 is 19.9 Å². The lowest BCUT2D eigenvalue weighted by atomic mass is 9.98. The van der Waals surface area contributed by atoms with Gasteiger partial charge in [0.2, 0.25) is 0 Å². The number of nitrogens with zero attached hydrogens (tertiary/aromatic N) is 3. The summed E-state index contributed by atoms with van der Waals surface area (Å²) in [7, 11) is 3.54. The van der Waals surface area contributed by atoms with Crippen molar-refractivity contribution >= 4 is 23.4 Å². The SMILES string of the molecule is CCCCN(C)C(=O)c1cccc(C2=NC(=O)c3c(-c4cccc(C(=O)N(C)CCCC)c4)[nH]c(O)c32)c1. The molecule has 0 fully saturated rings. The molecule has 3 amide bonds. The summed E-state index contributed by atoms with van der Waals surface area (Å²) in [5, 5.41) is 10.9. The zero-order valence-electron chi connectivity index (χ0n) is 22.4. The van der Waals surface area contributed by atoms with Crippen LogP contribution in [0.4, 0.5) is 0 Å². The highest BCUT2D eigenvalue weighted by Gasteiger charge is 2.34. The molecule has 0 radical (unpaired) electrons. The lowest BCUT2D eigenvalue weighted by Crippen LogP contribution is -2.27. The van der Waals surface area contributed by atoms with Gasteiger partial charge in [-0.15, -0.1) is 0 Å². The Morgan fingerprint density at radius 3 is 1.92 bits per heavy atom. The van der Waals surface area contributed by atoms with Crippen molar-refractivity contribution in [2.24, 2.45) is 4.99 Å². The summed E-state index contributed by atoms with van der Waals surface area (Å²) in [5.74, 6) is -0.903. The molecule has 1 aliphatic heterocycles. The van der Waals surface area contributed by atoms with Gasteiger partial charge in [0.1, 0.15) is 0 Å². The summed E-state index contributed by atoms with van der Waals surface area (Å²) in [5.41, 5.74) is 3.40. The molecule has 2 aromatic carbocycles. The normalized spacial score (nSPS) is 12.3. The van der Waals surface area contributed by atoms with Gasteiger partial charge in [-0.25, -0.2) is 4.99 Å². The van der Waals surface area contributed by atoms with E-state index in [-0.39, 0.29) is 23.3 Å². The standard InChI is InChI=1S/C30H34N4O4/c1-5-7-15-33(3)29(37)21-13-9-11-19(17-21)25-23-24(28(36)31-25)26(32-27(23)35)20-12-10-14-22(18-20)30(38)34(4)16-8-6-2/h9-14,17-18,31,36H,5-8,15-16H2,1-4H3. The van der Waals surface area contributed by atoms with Gasteiger partial charge in [-0.2, -0.15) is 0 Å². The number of fused-ring (bicyclic) bond motifs is 1. The fourth-order valence-corrected chi connectivity index (χ4v) is 4.61. The molecule has 198 valence electrons. The van der Waals surface area contributed by atoms with Gasteiger partial charge in [-0.05, 0) is 42.7 Å². The van der Waals surface area contributed by atoms with Crippen LogP contribution in [0.5, 0.6) is 5.88 Å². The summed E-state index contributed by atoms with van der Waals surface area (Å²) >= 11 is 0. The summed E-state index contributed by atoms with van der Waals surface area (Å²) in [4.78, 5) is 49.4. The smallest absolute Gasteiger partial charge is 0.280 e. The minimum atomic E-state index is -0.491. The Bertz CT molecular complexity index is 1400. The highest BCUT2D eigenvalue weighted by molar-refractivity contribution is 6.30. The molecule has 8 heteroatoms. The summed E-state index contributed by atoms with van der Waals surface area (Å²) in [6.45, 7) is 5.46. The molecule has 0 bridgehead atoms. The van der Waals surface area contributed by atoms with Gasteiger partial charge in [-0.3, -0.25) is 14.4 Å². The molecule has 8 nitrogen and oxygen atoms in total. The molecule has 0 saturated heterocycles. The third-order valence-electron chi connectivity index (χ3n) is 6.81. The largest absolute Gasteiger partial charge is 0.494 e. The Balaban J connectivity index is 1.67. The van der Waals surface area contributed by atoms with E-state index in [2.05, 4.69) is 23.8 Å². The molecule has 0 spiro atoms. The molecule has 3 aromatic rings. The van der Waals surface area contributed by atoms with E-state index in [0.717, 1.165) is 25.7 Å². The van der Waals surface area contributed by atoms with E-state index in [1.54, 1.807) is 72.4 Å².